The van der Waals surface area contributed by atoms with Gasteiger partial charge in [-0.3, -0.25) is 9.78 Å². The van der Waals surface area contributed by atoms with E-state index in [4.69, 9.17) is 5.73 Å². The fourth-order valence-corrected chi connectivity index (χ4v) is 1.57. The maximum Gasteiger partial charge on any atom is 0.262 e. The largest absolute Gasteiger partial charge is 0.383 e. The number of hydrogen-bond donors (Lipinski definition) is 2. The lowest BCUT2D eigenvalue weighted by Gasteiger charge is -2.12. The Morgan fingerprint density at radius 1 is 1.24 bits per heavy atom. The molecule has 88 valence electrons. The van der Waals surface area contributed by atoms with Crippen LogP contribution in [0.15, 0.2) is 35.1 Å². The number of hydrogen-bond acceptors (Lipinski definition) is 4. The van der Waals surface area contributed by atoms with Crippen LogP contribution in [0.2, 0.25) is 0 Å². The maximum atomic E-state index is 12.0. The van der Waals surface area contributed by atoms with Gasteiger partial charge in [0.05, 0.1) is 5.56 Å². The molecule has 1 aromatic heterocycles. The fourth-order valence-electron chi connectivity index (χ4n) is 1.57. The first kappa shape index (κ1) is 11.2. The number of aromatic nitrogens is 2. The van der Waals surface area contributed by atoms with Gasteiger partial charge in [0, 0.05) is 14.1 Å². The van der Waals surface area contributed by atoms with Crippen molar-refractivity contribution >= 4 is 11.8 Å². The van der Waals surface area contributed by atoms with Crippen LogP contribution < -0.4 is 16.2 Å². The SMILES string of the molecule is CN(C)c1nc(N)c(-c2ccccc2)c(=O)[nH]1. The lowest BCUT2D eigenvalue weighted by Crippen LogP contribution is -2.21. The van der Waals surface area contributed by atoms with Crippen LogP contribution in [0.4, 0.5) is 11.8 Å². The molecule has 0 atom stereocenters. The quantitative estimate of drug-likeness (QED) is 0.809. The first-order valence-corrected chi connectivity index (χ1v) is 5.22. The van der Waals surface area contributed by atoms with Crippen molar-refractivity contribution in [3.63, 3.8) is 0 Å². The molecule has 1 aromatic carbocycles. The molecule has 0 spiro atoms. The molecule has 0 unspecified atom stereocenters. The van der Waals surface area contributed by atoms with Gasteiger partial charge in [0.15, 0.2) is 0 Å². The minimum atomic E-state index is -0.229. The van der Waals surface area contributed by atoms with Crippen molar-refractivity contribution in [2.24, 2.45) is 0 Å². The van der Waals surface area contributed by atoms with Crippen molar-refractivity contribution < 1.29 is 0 Å². The normalized spacial score (nSPS) is 10.2. The van der Waals surface area contributed by atoms with Crippen molar-refractivity contribution in [1.82, 2.24) is 9.97 Å². The number of H-pyrrole nitrogens is 1. The molecule has 17 heavy (non-hydrogen) atoms. The Kier molecular flexibility index (Phi) is 2.82. The topological polar surface area (TPSA) is 75.0 Å². The summed E-state index contributed by atoms with van der Waals surface area (Å²) in [4.78, 5) is 20.5. The number of nitrogen functional groups attached to an aromatic ring is 1. The van der Waals surface area contributed by atoms with E-state index in [1.807, 2.05) is 30.3 Å². The summed E-state index contributed by atoms with van der Waals surface area (Å²) in [5.41, 5.74) is 6.79. The van der Waals surface area contributed by atoms with Crippen LogP contribution in [0.1, 0.15) is 0 Å². The van der Waals surface area contributed by atoms with Gasteiger partial charge in [-0.15, -0.1) is 0 Å². The Morgan fingerprint density at radius 2 is 1.88 bits per heavy atom. The van der Waals surface area contributed by atoms with Gasteiger partial charge < -0.3 is 10.6 Å². The summed E-state index contributed by atoms with van der Waals surface area (Å²) in [5, 5.41) is 0. The van der Waals surface area contributed by atoms with Gasteiger partial charge in [-0.2, -0.15) is 4.98 Å². The number of aromatic amines is 1. The third kappa shape index (κ3) is 2.13. The van der Waals surface area contributed by atoms with Crippen molar-refractivity contribution in [1.29, 1.82) is 0 Å². The van der Waals surface area contributed by atoms with Crippen molar-refractivity contribution in [3.05, 3.63) is 40.7 Å². The smallest absolute Gasteiger partial charge is 0.262 e. The van der Waals surface area contributed by atoms with E-state index in [0.717, 1.165) is 5.56 Å². The van der Waals surface area contributed by atoms with Crippen molar-refractivity contribution in [3.8, 4) is 11.1 Å². The molecule has 0 aliphatic rings. The standard InChI is InChI=1S/C12H14N4O/c1-16(2)12-14-10(13)9(11(17)15-12)8-6-4-3-5-7-8/h3-7H,1-2H3,(H3,13,14,15,17). The summed E-state index contributed by atoms with van der Waals surface area (Å²) in [6.45, 7) is 0. The van der Waals surface area contributed by atoms with Gasteiger partial charge in [0.1, 0.15) is 5.82 Å². The number of nitrogens with one attached hydrogen (secondary N) is 1. The summed E-state index contributed by atoms with van der Waals surface area (Å²) in [7, 11) is 3.58. The molecule has 0 amide bonds. The highest BCUT2D eigenvalue weighted by molar-refractivity contribution is 5.73. The van der Waals surface area contributed by atoms with Gasteiger partial charge in [-0.1, -0.05) is 30.3 Å². The molecule has 0 bridgehead atoms. The average molecular weight is 230 g/mol. The van der Waals surface area contributed by atoms with Crippen molar-refractivity contribution in [2.45, 2.75) is 0 Å². The number of nitrogens with two attached hydrogens (primary N) is 1. The zero-order chi connectivity index (χ0) is 12.4. The lowest BCUT2D eigenvalue weighted by molar-refractivity contribution is 0.987. The Labute approximate surface area is 98.9 Å². The first-order chi connectivity index (χ1) is 8.09. The average Bonchev–Trinajstić information content (AvgIpc) is 2.29. The number of rotatable bonds is 2. The zero-order valence-corrected chi connectivity index (χ0v) is 9.77. The van der Waals surface area contributed by atoms with Gasteiger partial charge in [-0.25, -0.2) is 0 Å². The predicted octanol–water partition coefficient (Wildman–Crippen LogP) is 1.09. The third-order valence-corrected chi connectivity index (χ3v) is 2.42. The van der Waals surface area contributed by atoms with Gasteiger partial charge in [-0.05, 0) is 5.56 Å². The molecule has 0 aliphatic heterocycles. The predicted molar refractivity (Wildman–Crippen MR) is 69.0 cm³/mol. The van der Waals surface area contributed by atoms with E-state index >= 15 is 0 Å². The summed E-state index contributed by atoms with van der Waals surface area (Å²) in [6.07, 6.45) is 0. The van der Waals surface area contributed by atoms with E-state index in [2.05, 4.69) is 9.97 Å². The number of anilines is 2. The highest BCUT2D eigenvalue weighted by Gasteiger charge is 2.11. The molecule has 5 nitrogen and oxygen atoms in total. The second-order valence-corrected chi connectivity index (χ2v) is 3.91. The monoisotopic (exact) mass is 230 g/mol. The van der Waals surface area contributed by atoms with Crippen LogP contribution in [0.3, 0.4) is 0 Å². The minimum absolute atomic E-state index is 0.229. The summed E-state index contributed by atoms with van der Waals surface area (Å²) < 4.78 is 0. The van der Waals surface area contributed by atoms with E-state index in [-0.39, 0.29) is 11.4 Å². The van der Waals surface area contributed by atoms with Gasteiger partial charge in [0.2, 0.25) is 5.95 Å². The second-order valence-electron chi connectivity index (χ2n) is 3.91. The highest BCUT2D eigenvalue weighted by atomic mass is 16.1. The molecular formula is C12H14N4O. The van der Waals surface area contributed by atoms with Gasteiger partial charge >= 0.3 is 0 Å². The van der Waals surface area contributed by atoms with Crippen LogP contribution in [-0.4, -0.2) is 24.1 Å². The fraction of sp³-hybridized carbons (Fsp3) is 0.167. The number of benzene rings is 1. The molecule has 2 rings (SSSR count). The summed E-state index contributed by atoms with van der Waals surface area (Å²) in [5.74, 6) is 0.691. The van der Waals surface area contributed by atoms with Crippen LogP contribution in [0.5, 0.6) is 0 Å². The van der Waals surface area contributed by atoms with E-state index in [0.29, 0.717) is 11.5 Å². The van der Waals surface area contributed by atoms with E-state index in [1.54, 1.807) is 19.0 Å². The molecule has 0 saturated heterocycles. The maximum absolute atomic E-state index is 12.0. The zero-order valence-electron chi connectivity index (χ0n) is 9.77. The molecule has 0 radical (unpaired) electrons. The van der Waals surface area contributed by atoms with Gasteiger partial charge in [0.25, 0.3) is 5.56 Å². The van der Waals surface area contributed by atoms with Crippen LogP contribution in [0, 0.1) is 0 Å². The Bertz CT molecular complexity index is 575. The summed E-state index contributed by atoms with van der Waals surface area (Å²) in [6, 6.07) is 9.26. The molecule has 1 heterocycles. The van der Waals surface area contributed by atoms with E-state index < -0.39 is 0 Å². The Morgan fingerprint density at radius 3 is 2.41 bits per heavy atom. The molecular weight excluding hydrogens is 216 g/mol. The second kappa shape index (κ2) is 4.29. The van der Waals surface area contributed by atoms with Crippen LogP contribution in [-0.2, 0) is 0 Å². The van der Waals surface area contributed by atoms with Crippen LogP contribution in [0.25, 0.3) is 11.1 Å². The first-order valence-electron chi connectivity index (χ1n) is 5.22. The molecule has 0 aliphatic carbocycles. The van der Waals surface area contributed by atoms with E-state index in [1.165, 1.54) is 0 Å². The lowest BCUT2D eigenvalue weighted by atomic mass is 10.1. The molecule has 3 N–H and O–H groups in total. The minimum Gasteiger partial charge on any atom is -0.383 e. The molecule has 5 heteroatoms. The Balaban J connectivity index is 2.61. The molecule has 0 saturated carbocycles. The van der Waals surface area contributed by atoms with E-state index in [9.17, 15) is 4.79 Å². The molecule has 2 aromatic rings. The van der Waals surface area contributed by atoms with Crippen molar-refractivity contribution in [2.75, 3.05) is 24.7 Å². The molecule has 0 fully saturated rings. The third-order valence-electron chi connectivity index (χ3n) is 2.42. The summed E-state index contributed by atoms with van der Waals surface area (Å²) >= 11 is 0. The Hall–Kier alpha value is -2.30. The highest BCUT2D eigenvalue weighted by Crippen LogP contribution is 2.20. The number of nitrogens with zero attached hydrogens (tertiary/aromatic N) is 2. The van der Waals surface area contributed by atoms with Crippen LogP contribution >= 0.6 is 0 Å².